The molecule has 1 aromatic heterocycles. The third kappa shape index (κ3) is 5.79. The first-order valence-corrected chi connectivity index (χ1v) is 10.2. The number of amides is 2. The van der Waals surface area contributed by atoms with Gasteiger partial charge >= 0.3 is 6.09 Å². The smallest absolute Gasteiger partial charge is 0.408 e. The van der Waals surface area contributed by atoms with Gasteiger partial charge in [-0.3, -0.25) is 9.78 Å². The molecule has 2 aliphatic rings. The minimum Gasteiger partial charge on any atom is -0.441 e. The van der Waals surface area contributed by atoms with Crippen molar-refractivity contribution < 1.29 is 14.3 Å². The maximum Gasteiger partial charge on any atom is 0.408 e. The molecule has 2 amide bonds. The average molecular weight is 396 g/mol. The van der Waals surface area contributed by atoms with E-state index in [1.807, 2.05) is 44.2 Å². The molecule has 1 aromatic carbocycles. The van der Waals surface area contributed by atoms with Crippen molar-refractivity contribution in [2.24, 2.45) is 0 Å². The lowest BCUT2D eigenvalue weighted by Crippen LogP contribution is -2.36. The molecule has 1 aliphatic heterocycles. The number of cyclic esters (lactones) is 1. The van der Waals surface area contributed by atoms with Crippen LogP contribution in [0.4, 0.5) is 4.79 Å². The Morgan fingerprint density at radius 1 is 1.07 bits per heavy atom. The molecule has 1 unspecified atom stereocenters. The minimum absolute atomic E-state index is 0.0318. The Morgan fingerprint density at radius 2 is 1.72 bits per heavy atom. The fraction of sp³-hybridized carbons (Fsp3) is 0.435. The van der Waals surface area contributed by atoms with Crippen molar-refractivity contribution in [1.29, 1.82) is 0 Å². The Kier molecular flexibility index (Phi) is 6.86. The SMILES string of the molecule is CC1(C)OC(=O)NC1c1ccccc1.O=C(NC1CCCCC1)c1ccncc1. The number of hydrogen-bond acceptors (Lipinski definition) is 4. The number of nitrogens with one attached hydrogen (secondary N) is 2. The van der Waals surface area contributed by atoms with E-state index in [4.69, 9.17) is 4.74 Å². The zero-order valence-corrected chi connectivity index (χ0v) is 17.1. The average Bonchev–Trinajstić information content (AvgIpc) is 3.02. The monoisotopic (exact) mass is 395 g/mol. The molecule has 1 saturated heterocycles. The molecule has 4 rings (SSSR count). The van der Waals surface area contributed by atoms with Crippen molar-refractivity contribution in [3.8, 4) is 0 Å². The molecule has 1 saturated carbocycles. The van der Waals surface area contributed by atoms with E-state index in [0.717, 1.165) is 18.4 Å². The van der Waals surface area contributed by atoms with Gasteiger partial charge in [0.25, 0.3) is 5.91 Å². The summed E-state index contributed by atoms with van der Waals surface area (Å²) in [5, 5.41) is 5.87. The van der Waals surface area contributed by atoms with Gasteiger partial charge in [-0.05, 0) is 44.4 Å². The molecule has 2 N–H and O–H groups in total. The first-order chi connectivity index (χ1) is 14.0. The van der Waals surface area contributed by atoms with Gasteiger partial charge in [-0.15, -0.1) is 0 Å². The van der Waals surface area contributed by atoms with Gasteiger partial charge in [0.15, 0.2) is 0 Å². The highest BCUT2D eigenvalue weighted by Gasteiger charge is 2.41. The highest BCUT2D eigenvalue weighted by atomic mass is 16.6. The molecule has 6 heteroatoms. The second-order valence-corrected chi connectivity index (χ2v) is 8.03. The van der Waals surface area contributed by atoms with Crippen LogP contribution in [-0.4, -0.2) is 28.6 Å². The van der Waals surface area contributed by atoms with E-state index in [9.17, 15) is 9.59 Å². The molecule has 0 radical (unpaired) electrons. The van der Waals surface area contributed by atoms with E-state index in [-0.39, 0.29) is 18.0 Å². The number of carbonyl (C=O) groups is 2. The summed E-state index contributed by atoms with van der Waals surface area (Å²) in [6, 6.07) is 13.6. The molecular weight excluding hydrogens is 366 g/mol. The molecule has 154 valence electrons. The maximum absolute atomic E-state index is 11.8. The summed E-state index contributed by atoms with van der Waals surface area (Å²) in [6.07, 6.45) is 8.98. The number of carbonyl (C=O) groups excluding carboxylic acids is 2. The van der Waals surface area contributed by atoms with Crippen LogP contribution in [0.1, 0.15) is 67.9 Å². The van der Waals surface area contributed by atoms with Crippen LogP contribution in [-0.2, 0) is 4.74 Å². The number of alkyl carbamates (subject to hydrolysis) is 1. The maximum atomic E-state index is 11.8. The van der Waals surface area contributed by atoms with Gasteiger partial charge in [-0.2, -0.15) is 0 Å². The second-order valence-electron chi connectivity index (χ2n) is 8.03. The topological polar surface area (TPSA) is 80.3 Å². The predicted molar refractivity (Wildman–Crippen MR) is 111 cm³/mol. The van der Waals surface area contributed by atoms with E-state index >= 15 is 0 Å². The van der Waals surface area contributed by atoms with Gasteiger partial charge in [0.1, 0.15) is 5.60 Å². The predicted octanol–water partition coefficient (Wildman–Crippen LogP) is 4.39. The molecule has 29 heavy (non-hydrogen) atoms. The standard InChI is InChI=1S/C12H16N2O.C11H13NO2/c15-12(10-6-8-13-9-7-10)14-11-4-2-1-3-5-11;1-11(2)9(12-10(13)14-11)8-6-4-3-5-7-8/h6-9,11H,1-5H2,(H,14,15);3-7,9H,1-2H3,(H,12,13). The Labute approximate surface area is 172 Å². The molecule has 1 aliphatic carbocycles. The lowest BCUT2D eigenvalue weighted by Gasteiger charge is -2.23. The van der Waals surface area contributed by atoms with Gasteiger partial charge in [0.2, 0.25) is 0 Å². The lowest BCUT2D eigenvalue weighted by molar-refractivity contribution is 0.0684. The number of rotatable bonds is 3. The Balaban J connectivity index is 0.000000166. The molecule has 2 heterocycles. The zero-order chi connectivity index (χ0) is 20.7. The van der Waals surface area contributed by atoms with E-state index < -0.39 is 5.60 Å². The molecule has 2 fully saturated rings. The molecular formula is C23H29N3O3. The zero-order valence-electron chi connectivity index (χ0n) is 17.1. The largest absolute Gasteiger partial charge is 0.441 e. The van der Waals surface area contributed by atoms with E-state index in [1.165, 1.54) is 19.3 Å². The minimum atomic E-state index is -0.474. The first kappa shape index (κ1) is 20.8. The van der Waals surface area contributed by atoms with Crippen LogP contribution in [0.2, 0.25) is 0 Å². The second kappa shape index (κ2) is 9.54. The van der Waals surface area contributed by atoms with Crippen LogP contribution >= 0.6 is 0 Å². The van der Waals surface area contributed by atoms with Crippen LogP contribution in [0, 0.1) is 0 Å². The third-order valence-electron chi connectivity index (χ3n) is 5.33. The quantitative estimate of drug-likeness (QED) is 0.808. The van der Waals surface area contributed by atoms with E-state index in [2.05, 4.69) is 15.6 Å². The normalized spacial score (nSPS) is 20.6. The van der Waals surface area contributed by atoms with Crippen molar-refractivity contribution in [2.75, 3.05) is 0 Å². The Morgan fingerprint density at radius 3 is 2.31 bits per heavy atom. The van der Waals surface area contributed by atoms with Crippen LogP contribution in [0.15, 0.2) is 54.9 Å². The number of aromatic nitrogens is 1. The van der Waals surface area contributed by atoms with Crippen molar-refractivity contribution in [3.05, 3.63) is 66.0 Å². The summed E-state index contributed by atoms with van der Waals surface area (Å²) in [5.74, 6) is 0.0318. The van der Waals surface area contributed by atoms with E-state index in [1.54, 1.807) is 24.5 Å². The number of ether oxygens (including phenoxy) is 1. The van der Waals surface area contributed by atoms with Crippen LogP contribution in [0.5, 0.6) is 0 Å². The van der Waals surface area contributed by atoms with Gasteiger partial charge in [-0.1, -0.05) is 49.6 Å². The molecule has 0 bridgehead atoms. The van der Waals surface area contributed by atoms with Gasteiger partial charge in [-0.25, -0.2) is 4.79 Å². The van der Waals surface area contributed by atoms with Gasteiger partial charge in [0.05, 0.1) is 6.04 Å². The summed E-state index contributed by atoms with van der Waals surface area (Å²) in [7, 11) is 0. The number of nitrogens with zero attached hydrogens (tertiary/aromatic N) is 1. The van der Waals surface area contributed by atoms with Gasteiger partial charge in [0, 0.05) is 24.0 Å². The van der Waals surface area contributed by atoms with Gasteiger partial charge < -0.3 is 15.4 Å². The van der Waals surface area contributed by atoms with Crippen LogP contribution < -0.4 is 10.6 Å². The van der Waals surface area contributed by atoms with Crippen molar-refractivity contribution >= 4 is 12.0 Å². The number of hydrogen-bond donors (Lipinski definition) is 2. The first-order valence-electron chi connectivity index (χ1n) is 10.2. The third-order valence-corrected chi connectivity index (χ3v) is 5.33. The summed E-state index contributed by atoms with van der Waals surface area (Å²) in [5.41, 5.74) is 1.30. The molecule has 6 nitrogen and oxygen atoms in total. The summed E-state index contributed by atoms with van der Waals surface area (Å²) in [4.78, 5) is 26.8. The summed E-state index contributed by atoms with van der Waals surface area (Å²) >= 11 is 0. The fourth-order valence-corrected chi connectivity index (χ4v) is 3.77. The van der Waals surface area contributed by atoms with Crippen molar-refractivity contribution in [1.82, 2.24) is 15.6 Å². The highest BCUT2D eigenvalue weighted by Crippen LogP contribution is 2.33. The molecule has 1 atom stereocenters. The van der Waals surface area contributed by atoms with Crippen LogP contribution in [0.3, 0.4) is 0 Å². The van der Waals surface area contributed by atoms with Crippen molar-refractivity contribution in [3.63, 3.8) is 0 Å². The highest BCUT2D eigenvalue weighted by molar-refractivity contribution is 5.94. The summed E-state index contributed by atoms with van der Waals surface area (Å²) < 4.78 is 5.17. The lowest BCUT2D eigenvalue weighted by atomic mass is 9.93. The number of benzene rings is 1. The van der Waals surface area contributed by atoms with Crippen LogP contribution in [0.25, 0.3) is 0 Å². The number of pyridine rings is 1. The van der Waals surface area contributed by atoms with Crippen molar-refractivity contribution in [2.45, 2.75) is 63.6 Å². The Bertz CT molecular complexity index is 803. The molecule has 2 aromatic rings. The molecule has 0 spiro atoms. The Hall–Kier alpha value is -2.89. The summed E-state index contributed by atoms with van der Waals surface area (Å²) in [6.45, 7) is 3.81. The fourth-order valence-electron chi connectivity index (χ4n) is 3.77. The van der Waals surface area contributed by atoms with E-state index in [0.29, 0.717) is 11.6 Å².